The molecular formula is C25H23FN2O2S. The second-order valence-corrected chi connectivity index (χ2v) is 8.76. The van der Waals surface area contributed by atoms with Gasteiger partial charge in [0.05, 0.1) is 5.25 Å². The van der Waals surface area contributed by atoms with E-state index in [0.29, 0.717) is 18.6 Å². The maximum atomic E-state index is 13.1. The molecule has 4 rings (SSSR count). The zero-order chi connectivity index (χ0) is 21.6. The van der Waals surface area contributed by atoms with Crippen LogP contribution in [0.2, 0.25) is 0 Å². The predicted octanol–water partition coefficient (Wildman–Crippen LogP) is 4.20. The highest BCUT2D eigenvalue weighted by Crippen LogP contribution is 2.24. The number of thioether (sulfide) groups is 1. The van der Waals surface area contributed by atoms with Crippen molar-refractivity contribution in [2.24, 2.45) is 0 Å². The molecule has 2 amide bonds. The molecule has 1 fully saturated rings. The minimum absolute atomic E-state index is 0.168. The van der Waals surface area contributed by atoms with Crippen LogP contribution >= 0.6 is 11.8 Å². The average molecular weight is 435 g/mol. The Labute approximate surface area is 185 Å². The van der Waals surface area contributed by atoms with Gasteiger partial charge in [-0.05, 0) is 47.7 Å². The van der Waals surface area contributed by atoms with Crippen molar-refractivity contribution in [1.82, 2.24) is 5.32 Å². The van der Waals surface area contributed by atoms with Crippen LogP contribution in [0.25, 0.3) is 0 Å². The SMILES string of the molecule is O=C1N[C@@H](C(=O)Nc2ccccc2Cc2ccccc2)CS[C@H]1Cc1ccc(F)cc1. The first-order chi connectivity index (χ1) is 15.1. The fraction of sp³-hybridized carbons (Fsp3) is 0.200. The van der Waals surface area contributed by atoms with Crippen LogP contribution in [0.4, 0.5) is 10.1 Å². The molecule has 0 bridgehead atoms. The normalized spacial score (nSPS) is 18.3. The Kier molecular flexibility index (Phi) is 6.67. The molecule has 0 spiro atoms. The first kappa shape index (κ1) is 21.1. The number of hydrogen-bond acceptors (Lipinski definition) is 3. The summed E-state index contributed by atoms with van der Waals surface area (Å²) in [5.74, 6) is -0.196. The molecule has 0 saturated carbocycles. The van der Waals surface area contributed by atoms with Gasteiger partial charge in [-0.1, -0.05) is 60.7 Å². The van der Waals surface area contributed by atoms with Crippen LogP contribution in [0, 0.1) is 5.82 Å². The fourth-order valence-corrected chi connectivity index (χ4v) is 4.74. The number of halogens is 1. The van der Waals surface area contributed by atoms with Gasteiger partial charge in [-0.2, -0.15) is 0 Å². The number of carbonyl (C=O) groups excluding carboxylic acids is 2. The Hall–Kier alpha value is -3.12. The Morgan fingerprint density at radius 1 is 0.968 bits per heavy atom. The van der Waals surface area contributed by atoms with E-state index in [1.807, 2.05) is 42.5 Å². The lowest BCUT2D eigenvalue weighted by Gasteiger charge is -2.28. The molecule has 158 valence electrons. The minimum Gasteiger partial charge on any atom is -0.343 e. The van der Waals surface area contributed by atoms with Crippen molar-refractivity contribution in [3.05, 3.63) is 101 Å². The van der Waals surface area contributed by atoms with Crippen LogP contribution in [-0.2, 0) is 22.4 Å². The van der Waals surface area contributed by atoms with Crippen LogP contribution < -0.4 is 10.6 Å². The minimum atomic E-state index is -0.591. The lowest BCUT2D eigenvalue weighted by molar-refractivity contribution is -0.126. The lowest BCUT2D eigenvalue weighted by atomic mass is 10.0. The van der Waals surface area contributed by atoms with E-state index in [0.717, 1.165) is 22.4 Å². The number of para-hydroxylation sites is 1. The molecule has 0 unspecified atom stereocenters. The van der Waals surface area contributed by atoms with Crippen LogP contribution in [0.15, 0.2) is 78.9 Å². The van der Waals surface area contributed by atoms with E-state index in [-0.39, 0.29) is 22.9 Å². The van der Waals surface area contributed by atoms with Gasteiger partial charge in [-0.15, -0.1) is 11.8 Å². The van der Waals surface area contributed by atoms with Gasteiger partial charge in [0, 0.05) is 11.4 Å². The molecule has 0 aromatic heterocycles. The summed E-state index contributed by atoms with van der Waals surface area (Å²) < 4.78 is 13.1. The van der Waals surface area contributed by atoms with E-state index in [1.54, 1.807) is 12.1 Å². The standard InChI is InChI=1S/C25H23FN2O2S/c26-20-12-10-18(11-13-20)15-23-25(30)28-22(16-31-23)24(29)27-21-9-5-4-8-19(21)14-17-6-2-1-3-7-17/h1-13,22-23H,14-16H2,(H,27,29)(H,28,30)/t22-,23+/m1/s1. The molecule has 0 radical (unpaired) electrons. The topological polar surface area (TPSA) is 58.2 Å². The Morgan fingerprint density at radius 2 is 1.68 bits per heavy atom. The van der Waals surface area contributed by atoms with E-state index in [1.165, 1.54) is 23.9 Å². The smallest absolute Gasteiger partial charge is 0.247 e. The van der Waals surface area contributed by atoms with Crippen molar-refractivity contribution in [3.8, 4) is 0 Å². The van der Waals surface area contributed by atoms with Crippen molar-refractivity contribution < 1.29 is 14.0 Å². The summed E-state index contributed by atoms with van der Waals surface area (Å²) in [6.45, 7) is 0. The van der Waals surface area contributed by atoms with Crippen LogP contribution in [0.3, 0.4) is 0 Å². The molecule has 6 heteroatoms. The van der Waals surface area contributed by atoms with Crippen molar-refractivity contribution >= 4 is 29.3 Å². The van der Waals surface area contributed by atoms with Crippen molar-refractivity contribution in [2.45, 2.75) is 24.1 Å². The third-order valence-electron chi connectivity index (χ3n) is 5.24. The molecule has 1 aliphatic heterocycles. The molecule has 1 heterocycles. The highest BCUT2D eigenvalue weighted by atomic mass is 32.2. The molecule has 1 saturated heterocycles. The van der Waals surface area contributed by atoms with Gasteiger partial charge in [-0.3, -0.25) is 9.59 Å². The quantitative estimate of drug-likeness (QED) is 0.611. The third kappa shape index (κ3) is 5.52. The molecular weight excluding hydrogens is 411 g/mol. The van der Waals surface area contributed by atoms with E-state index in [2.05, 4.69) is 22.8 Å². The van der Waals surface area contributed by atoms with E-state index < -0.39 is 6.04 Å². The molecule has 31 heavy (non-hydrogen) atoms. The number of carbonyl (C=O) groups is 2. The number of amides is 2. The first-order valence-electron chi connectivity index (χ1n) is 10.2. The van der Waals surface area contributed by atoms with Crippen molar-refractivity contribution in [2.75, 3.05) is 11.1 Å². The van der Waals surface area contributed by atoms with E-state index in [4.69, 9.17) is 0 Å². The first-order valence-corrected chi connectivity index (χ1v) is 11.2. The summed E-state index contributed by atoms with van der Waals surface area (Å²) in [4.78, 5) is 25.4. The fourth-order valence-electron chi connectivity index (χ4n) is 3.55. The zero-order valence-electron chi connectivity index (χ0n) is 16.9. The van der Waals surface area contributed by atoms with Gasteiger partial charge in [0.1, 0.15) is 11.9 Å². The van der Waals surface area contributed by atoms with Gasteiger partial charge in [-0.25, -0.2) is 4.39 Å². The number of anilines is 1. The monoisotopic (exact) mass is 434 g/mol. The Morgan fingerprint density at radius 3 is 2.42 bits per heavy atom. The summed E-state index contributed by atoms with van der Waals surface area (Å²) in [5.41, 5.74) is 3.83. The molecule has 2 atom stereocenters. The summed E-state index contributed by atoms with van der Waals surface area (Å²) in [6, 6.07) is 23.3. The summed E-state index contributed by atoms with van der Waals surface area (Å²) in [5, 5.41) is 5.53. The molecule has 3 aromatic carbocycles. The zero-order valence-corrected chi connectivity index (χ0v) is 17.7. The van der Waals surface area contributed by atoms with Gasteiger partial charge in [0.2, 0.25) is 11.8 Å². The van der Waals surface area contributed by atoms with Crippen LogP contribution in [0.5, 0.6) is 0 Å². The van der Waals surface area contributed by atoms with Gasteiger partial charge < -0.3 is 10.6 Å². The molecule has 2 N–H and O–H groups in total. The Bertz CT molecular complexity index is 1060. The highest BCUT2D eigenvalue weighted by Gasteiger charge is 2.32. The van der Waals surface area contributed by atoms with E-state index in [9.17, 15) is 14.0 Å². The van der Waals surface area contributed by atoms with Crippen molar-refractivity contribution in [1.29, 1.82) is 0 Å². The summed E-state index contributed by atoms with van der Waals surface area (Å²) in [7, 11) is 0. The van der Waals surface area contributed by atoms with Crippen LogP contribution in [-0.4, -0.2) is 28.9 Å². The number of hydrogen-bond donors (Lipinski definition) is 2. The molecule has 1 aliphatic rings. The molecule has 3 aromatic rings. The second kappa shape index (κ2) is 9.79. The molecule has 0 aliphatic carbocycles. The second-order valence-electron chi connectivity index (χ2n) is 7.52. The summed E-state index contributed by atoms with van der Waals surface area (Å²) in [6.07, 6.45) is 1.22. The predicted molar refractivity (Wildman–Crippen MR) is 123 cm³/mol. The number of benzene rings is 3. The Balaban J connectivity index is 1.37. The largest absolute Gasteiger partial charge is 0.343 e. The van der Waals surface area contributed by atoms with Gasteiger partial charge >= 0.3 is 0 Å². The number of rotatable bonds is 6. The number of nitrogens with one attached hydrogen (secondary N) is 2. The van der Waals surface area contributed by atoms with Crippen molar-refractivity contribution in [3.63, 3.8) is 0 Å². The lowest BCUT2D eigenvalue weighted by Crippen LogP contribution is -2.52. The third-order valence-corrected chi connectivity index (χ3v) is 6.55. The highest BCUT2D eigenvalue weighted by molar-refractivity contribution is 8.00. The summed E-state index contributed by atoms with van der Waals surface area (Å²) >= 11 is 1.46. The van der Waals surface area contributed by atoms with Crippen LogP contribution in [0.1, 0.15) is 16.7 Å². The maximum absolute atomic E-state index is 13.1. The average Bonchev–Trinajstić information content (AvgIpc) is 2.78. The van der Waals surface area contributed by atoms with Gasteiger partial charge in [0.15, 0.2) is 0 Å². The van der Waals surface area contributed by atoms with Gasteiger partial charge in [0.25, 0.3) is 0 Å². The molecule has 4 nitrogen and oxygen atoms in total. The maximum Gasteiger partial charge on any atom is 0.247 e. The van der Waals surface area contributed by atoms with E-state index >= 15 is 0 Å².